The molecule has 1 saturated heterocycles. The fourth-order valence-corrected chi connectivity index (χ4v) is 2.69. The molecule has 0 spiro atoms. The van der Waals surface area contributed by atoms with Crippen LogP contribution in [0.15, 0.2) is 53.5 Å². The molecule has 4 rings (SSSR count). The first-order valence-electron chi connectivity index (χ1n) is 8.10. The Kier molecular flexibility index (Phi) is 3.96. The van der Waals surface area contributed by atoms with Gasteiger partial charge >= 0.3 is 0 Å². The van der Waals surface area contributed by atoms with Crippen molar-refractivity contribution < 1.29 is 4.74 Å². The van der Waals surface area contributed by atoms with E-state index in [4.69, 9.17) is 9.73 Å². The minimum Gasteiger partial charge on any atom is -0.378 e. The Balaban J connectivity index is 1.78. The van der Waals surface area contributed by atoms with Gasteiger partial charge in [-0.05, 0) is 31.2 Å². The van der Waals surface area contributed by atoms with Crippen LogP contribution in [-0.4, -0.2) is 52.2 Å². The number of nitrogens with zero attached hydrogens (tertiary/aromatic N) is 5. The highest BCUT2D eigenvalue weighted by molar-refractivity contribution is 5.86. The molecule has 2 aromatic carbocycles. The van der Waals surface area contributed by atoms with Gasteiger partial charge < -0.3 is 9.64 Å². The maximum absolute atomic E-state index is 5.46. The summed E-state index contributed by atoms with van der Waals surface area (Å²) in [5.41, 5.74) is 3.83. The van der Waals surface area contributed by atoms with E-state index in [0.29, 0.717) is 13.2 Å². The van der Waals surface area contributed by atoms with Crippen LogP contribution in [0.4, 0.5) is 5.69 Å². The van der Waals surface area contributed by atoms with E-state index >= 15 is 0 Å². The van der Waals surface area contributed by atoms with Crippen molar-refractivity contribution in [3.63, 3.8) is 0 Å². The number of fused-ring (bicyclic) bond motifs is 1. The van der Waals surface area contributed by atoms with Crippen LogP contribution < -0.4 is 0 Å². The molecule has 1 fully saturated rings. The summed E-state index contributed by atoms with van der Waals surface area (Å²) >= 11 is 0. The second kappa shape index (κ2) is 6.41. The molecule has 0 N–H and O–H groups in total. The van der Waals surface area contributed by atoms with E-state index in [1.54, 1.807) is 4.80 Å². The highest BCUT2D eigenvalue weighted by Gasteiger charge is 2.19. The quantitative estimate of drug-likeness (QED) is 0.511. The molecule has 6 nitrogen and oxygen atoms in total. The molecule has 3 aromatic rings. The summed E-state index contributed by atoms with van der Waals surface area (Å²) in [7, 11) is 0. The van der Waals surface area contributed by atoms with Gasteiger partial charge in [0.15, 0.2) is 0 Å². The fourth-order valence-electron chi connectivity index (χ4n) is 2.69. The molecule has 0 aliphatic carbocycles. The van der Waals surface area contributed by atoms with E-state index in [9.17, 15) is 0 Å². The Morgan fingerprint density at radius 1 is 0.958 bits per heavy atom. The number of ether oxygens (including phenoxy) is 1. The van der Waals surface area contributed by atoms with Crippen LogP contribution in [0.1, 0.15) is 5.56 Å². The molecule has 0 amide bonds. The Labute approximate surface area is 140 Å². The monoisotopic (exact) mass is 321 g/mol. The first-order valence-corrected chi connectivity index (χ1v) is 8.10. The lowest BCUT2D eigenvalue weighted by atomic mass is 10.2. The van der Waals surface area contributed by atoms with Gasteiger partial charge in [0.05, 0.1) is 18.9 Å². The molecule has 122 valence electrons. The Bertz CT molecular complexity index is 830. The highest BCUT2D eigenvalue weighted by Crippen LogP contribution is 2.16. The summed E-state index contributed by atoms with van der Waals surface area (Å²) < 4.78 is 5.46. The summed E-state index contributed by atoms with van der Waals surface area (Å²) in [4.78, 5) is 8.62. The predicted octanol–water partition coefficient (Wildman–Crippen LogP) is 2.61. The molecule has 0 radical (unpaired) electrons. The zero-order valence-electron chi connectivity index (χ0n) is 13.6. The van der Waals surface area contributed by atoms with Gasteiger partial charge in [-0.15, -0.1) is 15.0 Å². The topological polar surface area (TPSA) is 55.5 Å². The van der Waals surface area contributed by atoms with Crippen LogP contribution in [0.2, 0.25) is 0 Å². The van der Waals surface area contributed by atoms with Gasteiger partial charge in [0.2, 0.25) is 5.96 Å². The first kappa shape index (κ1) is 14.8. The van der Waals surface area contributed by atoms with E-state index in [-0.39, 0.29) is 0 Å². The SMILES string of the molecule is Cc1ccc(N=C(N2CCOCC2)n2nc3ccccc3n2)cc1. The molecule has 2 heterocycles. The van der Waals surface area contributed by atoms with Gasteiger partial charge in [-0.3, -0.25) is 0 Å². The Morgan fingerprint density at radius 3 is 2.21 bits per heavy atom. The largest absolute Gasteiger partial charge is 0.378 e. The number of rotatable bonds is 1. The fraction of sp³-hybridized carbons (Fsp3) is 0.278. The lowest BCUT2D eigenvalue weighted by molar-refractivity contribution is 0.0661. The van der Waals surface area contributed by atoms with Crippen molar-refractivity contribution in [2.24, 2.45) is 4.99 Å². The molecule has 1 aliphatic rings. The number of morpholine rings is 1. The van der Waals surface area contributed by atoms with E-state index in [1.807, 2.05) is 36.4 Å². The molecule has 0 bridgehead atoms. The molecule has 0 saturated carbocycles. The second-order valence-electron chi connectivity index (χ2n) is 5.82. The van der Waals surface area contributed by atoms with Crippen LogP contribution in [0.5, 0.6) is 0 Å². The minimum absolute atomic E-state index is 0.688. The van der Waals surface area contributed by atoms with Gasteiger partial charge in [0.25, 0.3) is 0 Å². The third-order valence-corrected chi connectivity index (χ3v) is 4.02. The van der Waals surface area contributed by atoms with Crippen LogP contribution in [-0.2, 0) is 4.74 Å². The zero-order valence-corrected chi connectivity index (χ0v) is 13.6. The van der Waals surface area contributed by atoms with Crippen LogP contribution in [0.3, 0.4) is 0 Å². The lowest BCUT2D eigenvalue weighted by Crippen LogP contribution is -2.44. The molecule has 1 aliphatic heterocycles. The number of aromatic nitrogens is 3. The molecular weight excluding hydrogens is 302 g/mol. The molecular formula is C18H19N5O. The summed E-state index contributed by atoms with van der Waals surface area (Å²) in [5.74, 6) is 0.735. The van der Waals surface area contributed by atoms with Crippen molar-refractivity contribution in [3.8, 4) is 0 Å². The summed E-state index contributed by atoms with van der Waals surface area (Å²) in [6, 6.07) is 16.0. The standard InChI is InChI=1S/C18H19N5O/c1-14-6-8-15(9-7-14)19-18(22-10-12-24-13-11-22)23-20-16-4-2-3-5-17(16)21-23/h2-9H,10-13H2,1H3. The number of hydrogen-bond acceptors (Lipinski definition) is 4. The Morgan fingerprint density at radius 2 is 1.58 bits per heavy atom. The van der Waals surface area contributed by atoms with Crippen molar-refractivity contribution >= 4 is 22.7 Å². The third-order valence-electron chi connectivity index (χ3n) is 4.02. The lowest BCUT2D eigenvalue weighted by Gasteiger charge is -2.28. The Hall–Kier alpha value is -2.73. The molecule has 0 atom stereocenters. The smallest absolute Gasteiger partial charge is 0.245 e. The van der Waals surface area contributed by atoms with E-state index in [1.165, 1.54) is 5.56 Å². The average molecular weight is 321 g/mol. The van der Waals surface area contributed by atoms with Gasteiger partial charge in [-0.25, -0.2) is 4.99 Å². The minimum atomic E-state index is 0.688. The van der Waals surface area contributed by atoms with E-state index < -0.39 is 0 Å². The first-order chi connectivity index (χ1) is 11.8. The van der Waals surface area contributed by atoms with Crippen molar-refractivity contribution in [1.82, 2.24) is 19.9 Å². The maximum Gasteiger partial charge on any atom is 0.245 e. The molecule has 0 unspecified atom stereocenters. The molecule has 6 heteroatoms. The van der Waals surface area contributed by atoms with Crippen molar-refractivity contribution in [2.75, 3.05) is 26.3 Å². The van der Waals surface area contributed by atoms with Crippen molar-refractivity contribution in [2.45, 2.75) is 6.92 Å². The van der Waals surface area contributed by atoms with E-state index in [2.05, 4.69) is 34.2 Å². The van der Waals surface area contributed by atoms with Crippen molar-refractivity contribution in [1.29, 1.82) is 0 Å². The molecule has 1 aromatic heterocycles. The number of aryl methyl sites for hydroxylation is 1. The maximum atomic E-state index is 5.46. The van der Waals surface area contributed by atoms with Crippen LogP contribution >= 0.6 is 0 Å². The summed E-state index contributed by atoms with van der Waals surface area (Å²) in [6.07, 6.45) is 0. The van der Waals surface area contributed by atoms with Gasteiger partial charge in [-0.1, -0.05) is 29.8 Å². The second-order valence-corrected chi connectivity index (χ2v) is 5.82. The van der Waals surface area contributed by atoms with E-state index in [0.717, 1.165) is 35.8 Å². The van der Waals surface area contributed by atoms with Gasteiger partial charge in [0.1, 0.15) is 11.0 Å². The van der Waals surface area contributed by atoms with Crippen LogP contribution in [0.25, 0.3) is 11.0 Å². The molecule has 24 heavy (non-hydrogen) atoms. The van der Waals surface area contributed by atoms with Crippen molar-refractivity contribution in [3.05, 3.63) is 54.1 Å². The number of benzene rings is 2. The third kappa shape index (κ3) is 3.00. The zero-order chi connectivity index (χ0) is 16.4. The van der Waals surface area contributed by atoms with Gasteiger partial charge in [0, 0.05) is 13.1 Å². The van der Waals surface area contributed by atoms with Crippen LogP contribution in [0, 0.1) is 6.92 Å². The summed E-state index contributed by atoms with van der Waals surface area (Å²) in [6.45, 7) is 5.00. The number of hydrogen-bond donors (Lipinski definition) is 0. The summed E-state index contributed by atoms with van der Waals surface area (Å²) in [5, 5.41) is 9.19. The number of aliphatic imine (C=N–C) groups is 1. The average Bonchev–Trinajstić information content (AvgIpc) is 3.06. The van der Waals surface area contributed by atoms with Gasteiger partial charge in [-0.2, -0.15) is 0 Å². The highest BCUT2D eigenvalue weighted by atomic mass is 16.5. The normalized spacial score (nSPS) is 15.9. The predicted molar refractivity (Wildman–Crippen MR) is 93.6 cm³/mol.